The van der Waals surface area contributed by atoms with E-state index in [1.165, 1.54) is 11.3 Å². The number of hydrogen-bond donors (Lipinski definition) is 2. The zero-order valence-electron chi connectivity index (χ0n) is 15.2. The summed E-state index contributed by atoms with van der Waals surface area (Å²) in [6.45, 7) is 5.46. The first-order chi connectivity index (χ1) is 12.8. The molecule has 2 N–H and O–H groups in total. The first-order valence-electron chi connectivity index (χ1n) is 8.43. The van der Waals surface area contributed by atoms with Crippen molar-refractivity contribution in [3.63, 3.8) is 0 Å². The molecule has 6 nitrogen and oxygen atoms in total. The maximum atomic E-state index is 12.3. The van der Waals surface area contributed by atoms with Gasteiger partial charge in [-0.3, -0.25) is 9.59 Å². The van der Waals surface area contributed by atoms with Crippen molar-refractivity contribution in [2.75, 3.05) is 5.32 Å². The van der Waals surface area contributed by atoms with Crippen LogP contribution in [0.25, 0.3) is 11.3 Å². The van der Waals surface area contributed by atoms with Crippen molar-refractivity contribution in [2.24, 2.45) is 0 Å². The molecule has 2 aromatic heterocycles. The summed E-state index contributed by atoms with van der Waals surface area (Å²) in [4.78, 5) is 36.7. The molecule has 3 aromatic rings. The molecule has 0 atom stereocenters. The average Bonchev–Trinajstić information content (AvgIpc) is 2.94. The number of H-pyrrole nitrogens is 1. The van der Waals surface area contributed by atoms with Gasteiger partial charge in [-0.1, -0.05) is 23.7 Å². The van der Waals surface area contributed by atoms with Gasteiger partial charge >= 0.3 is 0 Å². The average molecular weight is 403 g/mol. The number of carbonyl (C=O) groups excluding carboxylic acids is 1. The van der Waals surface area contributed by atoms with Crippen molar-refractivity contribution in [1.29, 1.82) is 0 Å². The van der Waals surface area contributed by atoms with Crippen LogP contribution in [0, 0.1) is 20.8 Å². The minimum absolute atomic E-state index is 0.184. The molecular formula is C19H19ClN4O2S. The molecule has 0 radical (unpaired) electrons. The molecule has 0 unspecified atom stereocenters. The smallest absolute Gasteiger partial charge is 0.254 e. The predicted molar refractivity (Wildman–Crippen MR) is 109 cm³/mol. The number of thiazole rings is 1. The number of benzene rings is 1. The summed E-state index contributed by atoms with van der Waals surface area (Å²) < 4.78 is 0. The molecule has 1 amide bonds. The molecule has 0 saturated heterocycles. The summed E-state index contributed by atoms with van der Waals surface area (Å²) in [5, 5.41) is 4.01. The molecule has 0 fully saturated rings. The van der Waals surface area contributed by atoms with Crippen LogP contribution in [-0.2, 0) is 11.2 Å². The highest BCUT2D eigenvalue weighted by molar-refractivity contribution is 7.16. The van der Waals surface area contributed by atoms with Crippen molar-refractivity contribution in [3.05, 3.63) is 61.6 Å². The van der Waals surface area contributed by atoms with Crippen LogP contribution in [0.2, 0.25) is 5.02 Å². The highest BCUT2D eigenvalue weighted by Crippen LogP contribution is 2.31. The SMILES string of the molecule is Cc1nc(C)c(CCC(=O)Nc2nc(-c3ccc(Cl)cc3)c(C)s2)c(=O)[nH]1. The van der Waals surface area contributed by atoms with Crippen LogP contribution in [-0.4, -0.2) is 20.9 Å². The third kappa shape index (κ3) is 4.61. The van der Waals surface area contributed by atoms with Gasteiger partial charge in [-0.25, -0.2) is 9.97 Å². The number of rotatable bonds is 5. The summed E-state index contributed by atoms with van der Waals surface area (Å²) >= 11 is 7.34. The van der Waals surface area contributed by atoms with Gasteiger partial charge in [0.25, 0.3) is 5.56 Å². The van der Waals surface area contributed by atoms with E-state index in [-0.39, 0.29) is 17.9 Å². The van der Waals surface area contributed by atoms with Crippen LogP contribution in [0.1, 0.15) is 28.4 Å². The van der Waals surface area contributed by atoms with E-state index in [1.807, 2.05) is 31.2 Å². The molecule has 0 aliphatic heterocycles. The number of aromatic nitrogens is 3. The van der Waals surface area contributed by atoms with Gasteiger partial charge in [-0.15, -0.1) is 11.3 Å². The van der Waals surface area contributed by atoms with E-state index in [4.69, 9.17) is 11.6 Å². The summed E-state index contributed by atoms with van der Waals surface area (Å²) in [6, 6.07) is 7.41. The lowest BCUT2D eigenvalue weighted by molar-refractivity contribution is -0.116. The lowest BCUT2D eigenvalue weighted by Crippen LogP contribution is -2.20. The molecule has 3 rings (SSSR count). The van der Waals surface area contributed by atoms with Crippen LogP contribution >= 0.6 is 22.9 Å². The van der Waals surface area contributed by atoms with E-state index < -0.39 is 0 Å². The number of anilines is 1. The molecule has 1 aromatic carbocycles. The quantitative estimate of drug-likeness (QED) is 0.674. The fourth-order valence-corrected chi connectivity index (χ4v) is 3.77. The third-order valence-electron chi connectivity index (χ3n) is 4.10. The second-order valence-corrected chi connectivity index (χ2v) is 7.83. The van der Waals surface area contributed by atoms with Crippen molar-refractivity contribution >= 4 is 34.0 Å². The Balaban J connectivity index is 1.68. The van der Waals surface area contributed by atoms with Gasteiger partial charge in [-0.2, -0.15) is 0 Å². The van der Waals surface area contributed by atoms with E-state index in [1.54, 1.807) is 13.8 Å². The predicted octanol–water partition coefficient (Wildman–Crippen LogP) is 4.04. The number of hydrogen-bond acceptors (Lipinski definition) is 5. The number of nitrogens with zero attached hydrogens (tertiary/aromatic N) is 2. The summed E-state index contributed by atoms with van der Waals surface area (Å²) in [5.74, 6) is 0.379. The molecule has 0 saturated carbocycles. The Morgan fingerprint density at radius 1 is 1.19 bits per heavy atom. The molecule has 140 valence electrons. The molecule has 27 heavy (non-hydrogen) atoms. The standard InChI is InChI=1S/C19H19ClN4O2S/c1-10-15(18(26)22-12(3)21-10)8-9-16(25)23-19-24-17(11(2)27-19)13-4-6-14(20)7-5-13/h4-7H,8-9H2,1-3H3,(H,21,22,26)(H,23,24,25). The Labute approximate surface area is 165 Å². The minimum Gasteiger partial charge on any atom is -0.311 e. The van der Waals surface area contributed by atoms with E-state index >= 15 is 0 Å². The van der Waals surface area contributed by atoms with Crippen LogP contribution in [0.3, 0.4) is 0 Å². The van der Waals surface area contributed by atoms with Crippen LogP contribution in [0.5, 0.6) is 0 Å². The number of aromatic amines is 1. The van der Waals surface area contributed by atoms with Gasteiger partial charge in [0, 0.05) is 33.1 Å². The highest BCUT2D eigenvalue weighted by Gasteiger charge is 2.14. The van der Waals surface area contributed by atoms with E-state index in [9.17, 15) is 9.59 Å². The van der Waals surface area contributed by atoms with Gasteiger partial charge in [0.1, 0.15) is 5.82 Å². The zero-order valence-corrected chi connectivity index (χ0v) is 16.8. The van der Waals surface area contributed by atoms with Crippen molar-refractivity contribution in [2.45, 2.75) is 33.6 Å². The monoisotopic (exact) mass is 402 g/mol. The van der Waals surface area contributed by atoms with Gasteiger partial charge in [0.05, 0.1) is 5.69 Å². The number of amides is 1. The van der Waals surface area contributed by atoms with Gasteiger partial charge < -0.3 is 10.3 Å². The van der Waals surface area contributed by atoms with Gasteiger partial charge in [-0.05, 0) is 39.3 Å². The third-order valence-corrected chi connectivity index (χ3v) is 5.24. The number of halogens is 1. The van der Waals surface area contributed by atoms with Crippen molar-refractivity contribution in [3.8, 4) is 11.3 Å². The normalized spacial score (nSPS) is 10.8. The first-order valence-corrected chi connectivity index (χ1v) is 9.62. The molecule has 0 aliphatic rings. The second kappa shape index (κ2) is 8.02. The fraction of sp³-hybridized carbons (Fsp3) is 0.263. The Kier molecular flexibility index (Phi) is 5.72. The van der Waals surface area contributed by atoms with Crippen LogP contribution in [0.15, 0.2) is 29.1 Å². The Bertz CT molecular complexity index is 1040. The highest BCUT2D eigenvalue weighted by atomic mass is 35.5. The minimum atomic E-state index is -0.192. The summed E-state index contributed by atoms with van der Waals surface area (Å²) in [6.07, 6.45) is 0.512. The van der Waals surface area contributed by atoms with E-state index in [0.29, 0.717) is 33.7 Å². The molecule has 0 aliphatic carbocycles. The lowest BCUT2D eigenvalue weighted by Gasteiger charge is -2.05. The molecule has 2 heterocycles. The van der Waals surface area contributed by atoms with E-state index in [2.05, 4.69) is 20.3 Å². The van der Waals surface area contributed by atoms with Crippen LogP contribution < -0.4 is 10.9 Å². The fourth-order valence-electron chi connectivity index (χ4n) is 2.79. The number of nitrogens with one attached hydrogen (secondary N) is 2. The Hall–Kier alpha value is -2.51. The Morgan fingerprint density at radius 2 is 1.89 bits per heavy atom. The maximum Gasteiger partial charge on any atom is 0.254 e. The van der Waals surface area contributed by atoms with Gasteiger partial charge in [0.2, 0.25) is 5.91 Å². The molecular weight excluding hydrogens is 384 g/mol. The summed E-state index contributed by atoms with van der Waals surface area (Å²) in [7, 11) is 0. The van der Waals surface area contributed by atoms with Gasteiger partial charge in [0.15, 0.2) is 5.13 Å². The van der Waals surface area contributed by atoms with E-state index in [0.717, 1.165) is 16.1 Å². The van der Waals surface area contributed by atoms with Crippen molar-refractivity contribution < 1.29 is 4.79 Å². The largest absolute Gasteiger partial charge is 0.311 e. The molecule has 0 spiro atoms. The Morgan fingerprint density at radius 3 is 2.56 bits per heavy atom. The number of carbonyl (C=O) groups is 1. The first kappa shape index (κ1) is 19.3. The summed E-state index contributed by atoms with van der Waals surface area (Å²) in [5.41, 5.74) is 2.76. The molecule has 0 bridgehead atoms. The topological polar surface area (TPSA) is 87.7 Å². The lowest BCUT2D eigenvalue weighted by atomic mass is 10.1. The number of aryl methyl sites for hydroxylation is 3. The second-order valence-electron chi connectivity index (χ2n) is 6.19. The van der Waals surface area contributed by atoms with Crippen LogP contribution in [0.4, 0.5) is 5.13 Å². The zero-order chi connectivity index (χ0) is 19.6. The maximum absolute atomic E-state index is 12.3. The molecule has 8 heteroatoms. The van der Waals surface area contributed by atoms with Crippen molar-refractivity contribution in [1.82, 2.24) is 15.0 Å².